The van der Waals surface area contributed by atoms with E-state index < -0.39 is 0 Å². The van der Waals surface area contributed by atoms with E-state index >= 15 is 0 Å². The van der Waals surface area contributed by atoms with Gasteiger partial charge in [-0.15, -0.1) is 0 Å². The highest BCUT2D eigenvalue weighted by Crippen LogP contribution is 2.38. The van der Waals surface area contributed by atoms with Crippen LogP contribution in [0.25, 0.3) is 65.7 Å². The van der Waals surface area contributed by atoms with E-state index in [1.54, 1.807) is 6.34 Å². The predicted octanol–water partition coefficient (Wildman–Crippen LogP) is 12.2. The lowest BCUT2D eigenvalue weighted by Crippen LogP contribution is -2.09. The molecule has 4 heteroatoms. The monoisotopic (exact) mass is 682 g/mol. The first-order chi connectivity index (χ1) is 26.2. The molecule has 9 aromatic rings. The summed E-state index contributed by atoms with van der Waals surface area (Å²) in [5.74, 6) is 0. The van der Waals surface area contributed by atoms with Gasteiger partial charge in [0.2, 0.25) is 0 Å². The summed E-state index contributed by atoms with van der Waals surface area (Å²) in [7, 11) is 2.16. The quantitative estimate of drug-likeness (QED) is 0.196. The maximum absolute atomic E-state index is 4.13. The summed E-state index contributed by atoms with van der Waals surface area (Å²) in [5, 5.41) is 10.5. The molecule has 0 saturated heterocycles. The number of hydrogen-bond donors (Lipinski definition) is 1. The molecule has 0 aliphatic carbocycles. The number of nitrogens with one attached hydrogen (secondary N) is 1. The third-order valence-electron chi connectivity index (χ3n) is 10.2. The molecule has 0 atom stereocenters. The van der Waals surface area contributed by atoms with Crippen LogP contribution >= 0.6 is 0 Å². The zero-order valence-electron chi connectivity index (χ0n) is 29.5. The second kappa shape index (κ2) is 14.0. The highest BCUT2D eigenvalue weighted by molar-refractivity contribution is 6.11. The van der Waals surface area contributed by atoms with E-state index in [4.69, 9.17) is 0 Å². The smallest absolute Gasteiger partial charge is 0.0867 e. The molecule has 8 aromatic carbocycles. The van der Waals surface area contributed by atoms with Gasteiger partial charge >= 0.3 is 0 Å². The van der Waals surface area contributed by atoms with E-state index in [0.717, 1.165) is 12.2 Å². The van der Waals surface area contributed by atoms with E-state index in [-0.39, 0.29) is 0 Å². The Balaban J connectivity index is 0.000000263. The minimum Gasteiger partial charge on any atom is -0.353 e. The van der Waals surface area contributed by atoms with Crippen molar-refractivity contribution < 1.29 is 0 Å². The van der Waals surface area contributed by atoms with Gasteiger partial charge in [0.15, 0.2) is 0 Å². The largest absolute Gasteiger partial charge is 0.353 e. The first kappa shape index (κ1) is 32.0. The van der Waals surface area contributed by atoms with Gasteiger partial charge in [-0.3, -0.25) is 4.99 Å². The van der Waals surface area contributed by atoms with Crippen molar-refractivity contribution in [2.45, 2.75) is 0 Å². The van der Waals surface area contributed by atoms with E-state index in [2.05, 4.69) is 191 Å². The van der Waals surface area contributed by atoms with Crippen LogP contribution in [0.2, 0.25) is 0 Å². The number of hydrogen-bond acceptors (Lipinski definition) is 3. The third kappa shape index (κ3) is 6.11. The molecule has 1 aliphatic rings. The van der Waals surface area contributed by atoms with Crippen molar-refractivity contribution in [3.05, 3.63) is 194 Å². The second-order valence-corrected chi connectivity index (χ2v) is 13.4. The van der Waals surface area contributed by atoms with Crippen LogP contribution in [-0.2, 0) is 0 Å². The molecular formula is C49H38N4. The molecule has 254 valence electrons. The highest BCUT2D eigenvalue weighted by Gasteiger charge is 2.16. The first-order valence-electron chi connectivity index (χ1n) is 18.0. The van der Waals surface area contributed by atoms with Gasteiger partial charge in [-0.2, -0.15) is 0 Å². The Labute approximate surface area is 309 Å². The van der Waals surface area contributed by atoms with Gasteiger partial charge in [0.25, 0.3) is 0 Å². The summed E-state index contributed by atoms with van der Waals surface area (Å²) < 4.78 is 2.43. The number of nitrogens with zero attached hydrogens (tertiary/aromatic N) is 3. The van der Waals surface area contributed by atoms with Crippen LogP contribution in [0.15, 0.2) is 193 Å². The van der Waals surface area contributed by atoms with Gasteiger partial charge in [-0.05, 0) is 69.4 Å². The van der Waals surface area contributed by atoms with E-state index in [0.29, 0.717) is 0 Å². The number of para-hydroxylation sites is 1. The molecule has 0 fully saturated rings. The summed E-state index contributed by atoms with van der Waals surface area (Å²) in [4.78, 5) is 6.42. The highest BCUT2D eigenvalue weighted by atomic mass is 15.1. The Morgan fingerprint density at radius 2 is 1.13 bits per heavy atom. The third-order valence-corrected chi connectivity index (χ3v) is 10.2. The van der Waals surface area contributed by atoms with E-state index in [9.17, 15) is 0 Å². The van der Waals surface area contributed by atoms with Crippen LogP contribution in [0, 0.1) is 0 Å². The average molecular weight is 683 g/mol. The van der Waals surface area contributed by atoms with E-state index in [1.807, 2.05) is 24.4 Å². The standard InChI is InChI=1S/C39H28N2.C10H10N2/c1-40(36-21-9-13-27-11-2-4-17-32(27)36)31-16-8-15-29(25-31)30-23-24-35-34-19-6-7-20-38(34)41(39(35)26-30)37-22-10-14-28-12-3-5-18-33(28)37;1-2-4-9(5-3-1)10-6-11-8-12-7-10/h2-26H,1H3;1-6,8H,7H2,(H,11,12). The number of aromatic nitrogens is 1. The normalized spacial score (nSPS) is 12.4. The summed E-state index contributed by atoms with van der Waals surface area (Å²) in [6, 6.07) is 65.1. The molecule has 0 radical (unpaired) electrons. The number of anilines is 2. The van der Waals surface area contributed by atoms with Crippen molar-refractivity contribution in [1.82, 2.24) is 9.88 Å². The van der Waals surface area contributed by atoms with Gasteiger partial charge in [-0.25, -0.2) is 0 Å². The number of benzene rings is 8. The Hall–Kier alpha value is -6.91. The Morgan fingerprint density at radius 1 is 0.509 bits per heavy atom. The number of fused-ring (bicyclic) bond motifs is 5. The van der Waals surface area contributed by atoms with Crippen molar-refractivity contribution in [2.24, 2.45) is 4.99 Å². The number of rotatable bonds is 5. The lowest BCUT2D eigenvalue weighted by Gasteiger charge is -2.22. The zero-order chi connectivity index (χ0) is 35.6. The summed E-state index contributed by atoms with van der Waals surface area (Å²) in [6.07, 6.45) is 3.70. The Kier molecular flexibility index (Phi) is 8.47. The zero-order valence-corrected chi connectivity index (χ0v) is 29.5. The van der Waals surface area contributed by atoms with Gasteiger partial charge in [0, 0.05) is 46.2 Å². The molecular weight excluding hydrogens is 645 g/mol. The van der Waals surface area contributed by atoms with Crippen molar-refractivity contribution in [3.8, 4) is 16.8 Å². The van der Waals surface area contributed by atoms with Crippen LogP contribution in [0.5, 0.6) is 0 Å². The lowest BCUT2D eigenvalue weighted by molar-refractivity contribution is 1.15. The van der Waals surface area contributed by atoms with Crippen LogP contribution < -0.4 is 10.2 Å². The van der Waals surface area contributed by atoms with Crippen molar-refractivity contribution in [3.63, 3.8) is 0 Å². The molecule has 1 N–H and O–H groups in total. The first-order valence-corrected chi connectivity index (χ1v) is 18.0. The lowest BCUT2D eigenvalue weighted by atomic mass is 10.0. The molecule has 0 spiro atoms. The maximum Gasteiger partial charge on any atom is 0.0867 e. The minimum absolute atomic E-state index is 0.775. The fourth-order valence-corrected chi connectivity index (χ4v) is 7.55. The fourth-order valence-electron chi connectivity index (χ4n) is 7.55. The molecule has 0 bridgehead atoms. The Morgan fingerprint density at radius 3 is 1.94 bits per heavy atom. The SMILES string of the molecule is C1=NCC(c2ccccc2)=CN1.CN(c1cccc(-c2ccc3c4ccccc4n(-c4cccc5ccccc45)c3c2)c1)c1cccc2ccccc12. The summed E-state index contributed by atoms with van der Waals surface area (Å²) >= 11 is 0. The van der Waals surface area contributed by atoms with Crippen molar-refractivity contribution >= 4 is 66.6 Å². The maximum atomic E-state index is 4.13. The van der Waals surface area contributed by atoms with Gasteiger partial charge in [0.05, 0.1) is 29.6 Å². The van der Waals surface area contributed by atoms with E-state index in [1.165, 1.54) is 77.0 Å². The van der Waals surface area contributed by atoms with Crippen LogP contribution in [0.4, 0.5) is 11.4 Å². The molecule has 1 aliphatic heterocycles. The van der Waals surface area contributed by atoms with Crippen LogP contribution in [0.3, 0.4) is 0 Å². The summed E-state index contributed by atoms with van der Waals surface area (Å²) in [6.45, 7) is 0.775. The average Bonchev–Trinajstić information content (AvgIpc) is 3.57. The topological polar surface area (TPSA) is 32.6 Å². The predicted molar refractivity (Wildman–Crippen MR) is 227 cm³/mol. The molecule has 10 rings (SSSR count). The van der Waals surface area contributed by atoms with Crippen molar-refractivity contribution in [1.29, 1.82) is 0 Å². The molecule has 0 amide bonds. The van der Waals surface area contributed by atoms with Gasteiger partial charge in [0.1, 0.15) is 0 Å². The molecule has 2 heterocycles. The van der Waals surface area contributed by atoms with Crippen LogP contribution in [0.1, 0.15) is 5.56 Å². The fraction of sp³-hybridized carbons (Fsp3) is 0.0408. The minimum atomic E-state index is 0.775. The molecule has 53 heavy (non-hydrogen) atoms. The molecule has 0 saturated carbocycles. The van der Waals surface area contributed by atoms with Crippen LogP contribution in [-0.4, -0.2) is 24.5 Å². The Bertz CT molecular complexity index is 2800. The number of aliphatic imine (C=N–C) groups is 1. The molecule has 0 unspecified atom stereocenters. The van der Waals surface area contributed by atoms with Gasteiger partial charge in [-0.1, -0.05) is 146 Å². The summed E-state index contributed by atoms with van der Waals surface area (Å²) in [5.41, 5.74) is 10.9. The molecule has 1 aromatic heterocycles. The van der Waals surface area contributed by atoms with Crippen molar-refractivity contribution in [2.75, 3.05) is 18.5 Å². The second-order valence-electron chi connectivity index (χ2n) is 13.4. The van der Waals surface area contributed by atoms with Gasteiger partial charge < -0.3 is 14.8 Å². The molecule has 4 nitrogen and oxygen atoms in total.